The fourth-order valence-corrected chi connectivity index (χ4v) is 3.86. The molecule has 1 saturated heterocycles. The number of nitrogens with zero attached hydrogens (tertiary/aromatic N) is 3. The molecule has 1 aliphatic rings. The molecule has 2 aromatic heterocycles. The lowest BCUT2D eigenvalue weighted by Crippen LogP contribution is -2.39. The van der Waals surface area contributed by atoms with Gasteiger partial charge in [0.05, 0.1) is 17.9 Å². The largest absolute Gasteiger partial charge is 0.478 e. The zero-order chi connectivity index (χ0) is 20.0. The van der Waals surface area contributed by atoms with Gasteiger partial charge in [0.1, 0.15) is 17.0 Å². The number of amides is 1. The van der Waals surface area contributed by atoms with Crippen LogP contribution in [-0.4, -0.2) is 44.8 Å². The van der Waals surface area contributed by atoms with Crippen molar-refractivity contribution in [3.63, 3.8) is 0 Å². The molecule has 0 atom stereocenters. The number of aryl methyl sites for hydroxylation is 1. The number of benzene rings is 1. The van der Waals surface area contributed by atoms with Gasteiger partial charge in [0, 0.05) is 24.0 Å². The second-order valence-corrected chi connectivity index (χ2v) is 7.11. The molecule has 4 rings (SSSR count). The summed E-state index contributed by atoms with van der Waals surface area (Å²) in [4.78, 5) is 25.8. The first-order valence-electron chi connectivity index (χ1n) is 9.12. The van der Waals surface area contributed by atoms with E-state index < -0.39 is 5.97 Å². The van der Waals surface area contributed by atoms with Crippen LogP contribution < -0.4 is 0 Å². The molecule has 1 N–H and O–H groups in total. The van der Waals surface area contributed by atoms with Crippen LogP contribution >= 0.6 is 0 Å². The number of carboxylic acid groups (broad SMARTS) is 1. The molecule has 0 saturated carbocycles. The number of likely N-dealkylation sites (tertiary alicyclic amines) is 1. The number of hydrogen-bond acceptors (Lipinski definition) is 4. The molecule has 1 aromatic carbocycles. The van der Waals surface area contributed by atoms with Crippen molar-refractivity contribution in [3.05, 3.63) is 52.8 Å². The predicted molar refractivity (Wildman–Crippen MR) is 99.0 cm³/mol. The Morgan fingerprint density at radius 1 is 1.25 bits per heavy atom. The van der Waals surface area contributed by atoms with Gasteiger partial charge in [-0.1, -0.05) is 0 Å². The second-order valence-electron chi connectivity index (χ2n) is 7.11. The summed E-state index contributed by atoms with van der Waals surface area (Å²) in [7, 11) is 0. The highest BCUT2D eigenvalue weighted by Crippen LogP contribution is 2.29. The van der Waals surface area contributed by atoms with Crippen molar-refractivity contribution in [1.82, 2.24) is 14.7 Å². The highest BCUT2D eigenvalue weighted by Gasteiger charge is 2.29. The van der Waals surface area contributed by atoms with E-state index in [9.17, 15) is 19.1 Å². The number of piperidine rings is 1. The van der Waals surface area contributed by atoms with E-state index >= 15 is 0 Å². The SMILES string of the molecule is Cc1c(C(=O)N2CCC(n3ncc(C(=O)O)c3C)CC2)oc2ccc(F)cc12. The van der Waals surface area contributed by atoms with E-state index in [0.717, 1.165) is 0 Å². The first-order chi connectivity index (χ1) is 13.4. The van der Waals surface area contributed by atoms with Gasteiger partial charge in [0.25, 0.3) is 5.91 Å². The van der Waals surface area contributed by atoms with Gasteiger partial charge in [-0.2, -0.15) is 5.10 Å². The maximum absolute atomic E-state index is 13.5. The number of carbonyl (C=O) groups excluding carboxylic acids is 1. The highest BCUT2D eigenvalue weighted by atomic mass is 19.1. The molecule has 0 unspecified atom stereocenters. The quantitative estimate of drug-likeness (QED) is 0.745. The molecule has 8 heteroatoms. The average molecular weight is 385 g/mol. The Morgan fingerprint density at radius 3 is 2.61 bits per heavy atom. The van der Waals surface area contributed by atoms with E-state index in [1.807, 2.05) is 0 Å². The molecule has 0 radical (unpaired) electrons. The van der Waals surface area contributed by atoms with Crippen molar-refractivity contribution in [2.75, 3.05) is 13.1 Å². The van der Waals surface area contributed by atoms with Crippen LogP contribution in [0.3, 0.4) is 0 Å². The third-order valence-corrected chi connectivity index (χ3v) is 5.47. The van der Waals surface area contributed by atoms with Crippen LogP contribution in [0.2, 0.25) is 0 Å². The van der Waals surface area contributed by atoms with E-state index in [-0.39, 0.29) is 29.1 Å². The monoisotopic (exact) mass is 385 g/mol. The third-order valence-electron chi connectivity index (χ3n) is 5.47. The molecule has 146 valence electrons. The Kier molecular flexibility index (Phi) is 4.41. The molecule has 0 bridgehead atoms. The van der Waals surface area contributed by atoms with Crippen LogP contribution in [-0.2, 0) is 0 Å². The molecular weight excluding hydrogens is 365 g/mol. The molecule has 3 heterocycles. The number of carbonyl (C=O) groups is 2. The van der Waals surface area contributed by atoms with Crippen molar-refractivity contribution >= 4 is 22.8 Å². The van der Waals surface area contributed by atoms with Crippen molar-refractivity contribution in [2.24, 2.45) is 0 Å². The van der Waals surface area contributed by atoms with Crippen LogP contribution in [0, 0.1) is 19.7 Å². The summed E-state index contributed by atoms with van der Waals surface area (Å²) in [5.74, 6) is -1.34. The topological polar surface area (TPSA) is 88.6 Å². The second kappa shape index (κ2) is 6.78. The van der Waals surface area contributed by atoms with Crippen LogP contribution in [0.1, 0.15) is 51.1 Å². The predicted octanol–water partition coefficient (Wildman–Crippen LogP) is 3.56. The van der Waals surface area contributed by atoms with E-state index in [0.29, 0.717) is 48.2 Å². The van der Waals surface area contributed by atoms with Gasteiger partial charge >= 0.3 is 5.97 Å². The van der Waals surface area contributed by atoms with Gasteiger partial charge in [-0.25, -0.2) is 9.18 Å². The van der Waals surface area contributed by atoms with Crippen LogP contribution in [0.25, 0.3) is 11.0 Å². The first kappa shape index (κ1) is 18.2. The molecule has 1 aliphatic heterocycles. The number of aromatic carboxylic acids is 1. The summed E-state index contributed by atoms with van der Waals surface area (Å²) in [5, 5.41) is 14.0. The summed E-state index contributed by atoms with van der Waals surface area (Å²) in [6.07, 6.45) is 2.70. The van der Waals surface area contributed by atoms with Gasteiger partial charge in [-0.3, -0.25) is 9.48 Å². The van der Waals surface area contributed by atoms with E-state index in [1.165, 1.54) is 24.4 Å². The van der Waals surface area contributed by atoms with Crippen LogP contribution in [0.15, 0.2) is 28.8 Å². The van der Waals surface area contributed by atoms with Gasteiger partial charge in [-0.05, 0) is 44.9 Å². The normalized spacial score (nSPS) is 15.3. The van der Waals surface area contributed by atoms with E-state index in [1.54, 1.807) is 23.4 Å². The Bertz CT molecular complexity index is 1080. The smallest absolute Gasteiger partial charge is 0.339 e. The van der Waals surface area contributed by atoms with Crippen molar-refractivity contribution in [1.29, 1.82) is 0 Å². The fourth-order valence-electron chi connectivity index (χ4n) is 3.86. The van der Waals surface area contributed by atoms with Crippen LogP contribution in [0.4, 0.5) is 4.39 Å². The van der Waals surface area contributed by atoms with Gasteiger partial charge < -0.3 is 14.4 Å². The minimum atomic E-state index is -0.992. The summed E-state index contributed by atoms with van der Waals surface area (Å²) in [6.45, 7) is 4.52. The molecule has 1 fully saturated rings. The van der Waals surface area contributed by atoms with E-state index in [4.69, 9.17) is 4.42 Å². The Hall–Kier alpha value is -3.16. The molecule has 0 aliphatic carbocycles. The summed E-state index contributed by atoms with van der Waals surface area (Å²) in [6, 6.07) is 4.25. The van der Waals surface area contributed by atoms with Gasteiger partial charge in [0.2, 0.25) is 0 Å². The number of furan rings is 1. The average Bonchev–Trinajstić information content (AvgIpc) is 3.22. The lowest BCUT2D eigenvalue weighted by molar-refractivity contribution is 0.0658. The maximum atomic E-state index is 13.5. The van der Waals surface area contributed by atoms with Crippen molar-refractivity contribution in [2.45, 2.75) is 32.7 Å². The molecule has 1 amide bonds. The summed E-state index contributed by atoms with van der Waals surface area (Å²) in [5.41, 5.74) is 1.94. The number of fused-ring (bicyclic) bond motifs is 1. The molecule has 28 heavy (non-hydrogen) atoms. The first-order valence-corrected chi connectivity index (χ1v) is 9.12. The van der Waals surface area contributed by atoms with Gasteiger partial charge in [-0.15, -0.1) is 0 Å². The molecular formula is C20H20FN3O4. The lowest BCUT2D eigenvalue weighted by Gasteiger charge is -2.32. The number of rotatable bonds is 3. The maximum Gasteiger partial charge on any atom is 0.339 e. The standard InChI is InChI=1S/C20H20FN3O4/c1-11-15-9-13(21)3-4-17(15)28-18(11)19(25)23-7-5-14(6-8-23)24-12(2)16(10-22-24)20(26)27/h3-4,9-10,14H,5-8H2,1-2H3,(H,26,27). The minimum Gasteiger partial charge on any atom is -0.478 e. The highest BCUT2D eigenvalue weighted by molar-refractivity contribution is 5.99. The zero-order valence-electron chi connectivity index (χ0n) is 15.6. The van der Waals surface area contributed by atoms with Gasteiger partial charge in [0.15, 0.2) is 5.76 Å². The third kappa shape index (κ3) is 2.94. The van der Waals surface area contributed by atoms with Crippen molar-refractivity contribution in [3.8, 4) is 0 Å². The van der Waals surface area contributed by atoms with Crippen molar-refractivity contribution < 1.29 is 23.5 Å². The van der Waals surface area contributed by atoms with Crippen LogP contribution in [0.5, 0.6) is 0 Å². The molecule has 7 nitrogen and oxygen atoms in total. The minimum absolute atomic E-state index is 0.0445. The molecule has 3 aromatic rings. The lowest BCUT2D eigenvalue weighted by atomic mass is 10.0. The summed E-state index contributed by atoms with van der Waals surface area (Å²) < 4.78 is 20.9. The number of halogens is 1. The number of hydrogen-bond donors (Lipinski definition) is 1. The Morgan fingerprint density at radius 2 is 1.96 bits per heavy atom. The molecule has 0 spiro atoms. The Balaban J connectivity index is 1.50. The number of carboxylic acids is 1. The fraction of sp³-hybridized carbons (Fsp3) is 0.350. The number of aromatic nitrogens is 2. The zero-order valence-corrected chi connectivity index (χ0v) is 15.6. The summed E-state index contributed by atoms with van der Waals surface area (Å²) >= 11 is 0. The Labute approximate surface area is 160 Å². The van der Waals surface area contributed by atoms with E-state index in [2.05, 4.69) is 5.10 Å².